The van der Waals surface area contributed by atoms with Crippen LogP contribution in [-0.4, -0.2) is 46.3 Å². The molecule has 0 spiro atoms. The first-order valence-electron chi connectivity index (χ1n) is 8.73. The minimum atomic E-state index is 0.00418. The largest absolute Gasteiger partial charge is 0.347 e. The Morgan fingerprint density at radius 1 is 1.27 bits per heavy atom. The molecule has 122 valence electrons. The minimum absolute atomic E-state index is 0.00418. The molecule has 0 unspecified atom stereocenters. The van der Waals surface area contributed by atoms with Crippen molar-refractivity contribution in [2.45, 2.75) is 51.0 Å². The van der Waals surface area contributed by atoms with Gasteiger partial charge in [0.2, 0.25) is 0 Å². The standard InChI is InChI=1S/C17H28N4O/c1-20-16(9-10-18-20)17(22)19-15-8-5-11-21(13-15)12-14-6-3-2-4-7-14/h9-10,14-15H,2-8,11-13H2,1H3,(H,19,22)/t15-/m1/s1. The first-order valence-corrected chi connectivity index (χ1v) is 8.73. The van der Waals surface area contributed by atoms with E-state index in [-0.39, 0.29) is 11.9 Å². The molecule has 2 aliphatic rings. The quantitative estimate of drug-likeness (QED) is 0.928. The molecule has 0 radical (unpaired) electrons. The SMILES string of the molecule is Cn1nccc1C(=O)N[C@@H]1CCCN(CC2CCCCC2)C1. The second-order valence-corrected chi connectivity index (χ2v) is 6.92. The van der Waals surface area contributed by atoms with E-state index in [9.17, 15) is 4.79 Å². The summed E-state index contributed by atoms with van der Waals surface area (Å²) >= 11 is 0. The average Bonchev–Trinajstić information content (AvgIpc) is 2.95. The molecule has 3 rings (SSSR count). The Morgan fingerprint density at radius 2 is 2.09 bits per heavy atom. The highest BCUT2D eigenvalue weighted by Crippen LogP contribution is 2.25. The number of nitrogens with one attached hydrogen (secondary N) is 1. The summed E-state index contributed by atoms with van der Waals surface area (Å²) in [5, 5.41) is 7.26. The predicted octanol–water partition coefficient (Wildman–Crippen LogP) is 2.19. The van der Waals surface area contributed by atoms with Crippen LogP contribution in [0.5, 0.6) is 0 Å². The van der Waals surface area contributed by atoms with Crippen LogP contribution in [-0.2, 0) is 7.05 Å². The molecule has 1 aromatic rings. The molecule has 1 N–H and O–H groups in total. The lowest BCUT2D eigenvalue weighted by Gasteiger charge is -2.36. The number of aryl methyl sites for hydroxylation is 1. The van der Waals surface area contributed by atoms with Gasteiger partial charge in [-0.15, -0.1) is 0 Å². The van der Waals surface area contributed by atoms with Crippen LogP contribution in [0, 0.1) is 5.92 Å². The maximum Gasteiger partial charge on any atom is 0.269 e. The maximum atomic E-state index is 12.3. The van der Waals surface area contributed by atoms with Crippen molar-refractivity contribution in [2.75, 3.05) is 19.6 Å². The van der Waals surface area contributed by atoms with Gasteiger partial charge in [-0.05, 0) is 44.2 Å². The van der Waals surface area contributed by atoms with Gasteiger partial charge >= 0.3 is 0 Å². The Bertz CT molecular complexity index is 493. The highest BCUT2D eigenvalue weighted by Gasteiger charge is 2.25. The van der Waals surface area contributed by atoms with E-state index in [0.717, 1.165) is 18.9 Å². The van der Waals surface area contributed by atoms with Gasteiger partial charge in [0.25, 0.3) is 5.91 Å². The van der Waals surface area contributed by atoms with Crippen LogP contribution in [0.15, 0.2) is 12.3 Å². The third-order valence-electron chi connectivity index (χ3n) is 5.14. The summed E-state index contributed by atoms with van der Waals surface area (Å²) < 4.78 is 1.64. The van der Waals surface area contributed by atoms with Gasteiger partial charge in [0.15, 0.2) is 0 Å². The van der Waals surface area contributed by atoms with E-state index in [2.05, 4.69) is 15.3 Å². The summed E-state index contributed by atoms with van der Waals surface area (Å²) in [5.74, 6) is 0.879. The molecule has 5 heteroatoms. The predicted molar refractivity (Wildman–Crippen MR) is 86.7 cm³/mol. The Kier molecular flexibility index (Phi) is 5.13. The number of rotatable bonds is 4. The van der Waals surface area contributed by atoms with Gasteiger partial charge in [-0.1, -0.05) is 19.3 Å². The van der Waals surface area contributed by atoms with Gasteiger partial charge in [0, 0.05) is 32.4 Å². The lowest BCUT2D eigenvalue weighted by molar-refractivity contribution is 0.0880. The van der Waals surface area contributed by atoms with Gasteiger partial charge in [0.1, 0.15) is 5.69 Å². The second kappa shape index (κ2) is 7.27. The number of nitrogens with zero attached hydrogens (tertiary/aromatic N) is 3. The molecule has 22 heavy (non-hydrogen) atoms. The Labute approximate surface area is 133 Å². The molecule has 1 amide bonds. The van der Waals surface area contributed by atoms with Crippen molar-refractivity contribution in [3.63, 3.8) is 0 Å². The normalized spacial score (nSPS) is 24.3. The summed E-state index contributed by atoms with van der Waals surface area (Å²) in [6, 6.07) is 2.05. The van der Waals surface area contributed by atoms with E-state index in [1.807, 2.05) is 7.05 Å². The zero-order chi connectivity index (χ0) is 15.4. The molecule has 0 aromatic carbocycles. The third-order valence-corrected chi connectivity index (χ3v) is 5.14. The molecule has 2 heterocycles. The zero-order valence-electron chi connectivity index (χ0n) is 13.6. The number of carbonyl (C=O) groups is 1. The molecule has 5 nitrogen and oxygen atoms in total. The van der Waals surface area contributed by atoms with E-state index in [4.69, 9.17) is 0 Å². The summed E-state index contributed by atoms with van der Waals surface area (Å²) in [5.41, 5.74) is 0.643. The van der Waals surface area contributed by atoms with Gasteiger partial charge in [-0.2, -0.15) is 5.10 Å². The van der Waals surface area contributed by atoms with E-state index in [0.29, 0.717) is 5.69 Å². The fraction of sp³-hybridized carbons (Fsp3) is 0.765. The van der Waals surface area contributed by atoms with Crippen LogP contribution in [0.1, 0.15) is 55.4 Å². The number of likely N-dealkylation sites (tertiary alicyclic amines) is 1. The molecule has 1 aliphatic carbocycles. The molecule has 1 atom stereocenters. The molecule has 1 aliphatic heterocycles. The summed E-state index contributed by atoms with van der Waals surface area (Å²) in [6.45, 7) is 3.41. The summed E-state index contributed by atoms with van der Waals surface area (Å²) in [6.07, 6.45) is 10.9. The van der Waals surface area contributed by atoms with Crippen molar-refractivity contribution < 1.29 is 4.79 Å². The van der Waals surface area contributed by atoms with Crippen LogP contribution in [0.3, 0.4) is 0 Å². The number of aromatic nitrogens is 2. The van der Waals surface area contributed by atoms with Crippen molar-refractivity contribution in [3.8, 4) is 0 Å². The van der Waals surface area contributed by atoms with Crippen LogP contribution in [0.4, 0.5) is 0 Å². The molecule has 1 aromatic heterocycles. The number of hydrogen-bond acceptors (Lipinski definition) is 3. The van der Waals surface area contributed by atoms with Crippen molar-refractivity contribution in [3.05, 3.63) is 18.0 Å². The highest BCUT2D eigenvalue weighted by molar-refractivity contribution is 5.92. The topological polar surface area (TPSA) is 50.2 Å². The second-order valence-electron chi connectivity index (χ2n) is 6.92. The Morgan fingerprint density at radius 3 is 2.82 bits per heavy atom. The summed E-state index contributed by atoms with van der Waals surface area (Å²) in [4.78, 5) is 14.9. The van der Waals surface area contributed by atoms with E-state index >= 15 is 0 Å². The lowest BCUT2D eigenvalue weighted by atomic mass is 9.88. The molecule has 1 saturated carbocycles. The maximum absolute atomic E-state index is 12.3. The molecule has 0 bridgehead atoms. The number of amides is 1. The average molecular weight is 304 g/mol. The number of piperidine rings is 1. The number of hydrogen-bond donors (Lipinski definition) is 1. The minimum Gasteiger partial charge on any atom is -0.347 e. The van der Waals surface area contributed by atoms with Crippen LogP contribution in [0.2, 0.25) is 0 Å². The van der Waals surface area contributed by atoms with Crippen LogP contribution in [0.25, 0.3) is 0 Å². The molecule has 2 fully saturated rings. The first kappa shape index (κ1) is 15.5. The van der Waals surface area contributed by atoms with Crippen molar-refractivity contribution in [2.24, 2.45) is 13.0 Å². The van der Waals surface area contributed by atoms with Gasteiger partial charge in [-0.3, -0.25) is 9.48 Å². The lowest BCUT2D eigenvalue weighted by Crippen LogP contribution is -2.49. The van der Waals surface area contributed by atoms with Crippen molar-refractivity contribution in [1.29, 1.82) is 0 Å². The first-order chi connectivity index (χ1) is 10.7. The number of carbonyl (C=O) groups excluding carboxylic acids is 1. The Balaban J connectivity index is 1.50. The Hall–Kier alpha value is -1.36. The van der Waals surface area contributed by atoms with E-state index < -0.39 is 0 Å². The van der Waals surface area contributed by atoms with Gasteiger partial charge < -0.3 is 10.2 Å². The van der Waals surface area contributed by atoms with Crippen LogP contribution >= 0.6 is 0 Å². The van der Waals surface area contributed by atoms with E-state index in [1.165, 1.54) is 51.6 Å². The monoisotopic (exact) mass is 304 g/mol. The third kappa shape index (κ3) is 3.88. The van der Waals surface area contributed by atoms with Crippen molar-refractivity contribution in [1.82, 2.24) is 20.0 Å². The molecular formula is C17H28N4O. The molecular weight excluding hydrogens is 276 g/mol. The fourth-order valence-corrected chi connectivity index (χ4v) is 3.93. The zero-order valence-corrected chi connectivity index (χ0v) is 13.6. The van der Waals surface area contributed by atoms with Gasteiger partial charge in [0.05, 0.1) is 0 Å². The fourth-order valence-electron chi connectivity index (χ4n) is 3.93. The smallest absolute Gasteiger partial charge is 0.269 e. The van der Waals surface area contributed by atoms with Crippen LogP contribution < -0.4 is 5.32 Å². The van der Waals surface area contributed by atoms with Gasteiger partial charge in [-0.25, -0.2) is 0 Å². The highest BCUT2D eigenvalue weighted by atomic mass is 16.2. The summed E-state index contributed by atoms with van der Waals surface area (Å²) in [7, 11) is 1.81. The van der Waals surface area contributed by atoms with Crippen molar-refractivity contribution >= 4 is 5.91 Å². The van der Waals surface area contributed by atoms with E-state index in [1.54, 1.807) is 16.9 Å². The molecule has 1 saturated heterocycles.